The molecule has 2 rings (SSSR count). The monoisotopic (exact) mass is 250 g/mol. The van der Waals surface area contributed by atoms with Crippen LogP contribution in [-0.4, -0.2) is 11.5 Å². The zero-order valence-electron chi connectivity index (χ0n) is 7.70. The van der Waals surface area contributed by atoms with Gasteiger partial charge in [-0.25, -0.2) is 0 Å². The van der Waals surface area contributed by atoms with Crippen LogP contribution in [0.5, 0.6) is 0 Å². The molecule has 0 amide bonds. The molecule has 0 saturated heterocycles. The van der Waals surface area contributed by atoms with E-state index in [1.807, 2.05) is 24.4 Å². The van der Waals surface area contributed by atoms with Gasteiger partial charge in [0.2, 0.25) is 0 Å². The fourth-order valence-corrected chi connectivity index (χ4v) is 2.19. The van der Waals surface area contributed by atoms with Crippen LogP contribution in [0.15, 0.2) is 34.9 Å². The summed E-state index contributed by atoms with van der Waals surface area (Å²) in [6, 6.07) is 8.16. The molecule has 0 bridgehead atoms. The summed E-state index contributed by atoms with van der Waals surface area (Å²) in [4.78, 5) is 4.35. The summed E-state index contributed by atoms with van der Waals surface area (Å²) in [5, 5.41) is 2.39. The molecule has 2 nitrogen and oxygen atoms in total. The minimum absolute atomic E-state index is 0.632. The maximum atomic E-state index is 5.55. The SMILES string of the molecule is NCCc1nccc2cccc(Br)c12. The Balaban J connectivity index is 2.71. The number of fused-ring (bicyclic) bond motifs is 1. The molecule has 0 atom stereocenters. The highest BCUT2D eigenvalue weighted by molar-refractivity contribution is 9.10. The highest BCUT2D eigenvalue weighted by atomic mass is 79.9. The highest BCUT2D eigenvalue weighted by Crippen LogP contribution is 2.25. The number of nitrogens with zero attached hydrogens (tertiary/aromatic N) is 1. The first kappa shape index (κ1) is 9.62. The van der Waals surface area contributed by atoms with Crippen molar-refractivity contribution < 1.29 is 0 Å². The summed E-state index contributed by atoms with van der Waals surface area (Å²) in [7, 11) is 0. The highest BCUT2D eigenvalue weighted by Gasteiger charge is 2.04. The fourth-order valence-electron chi connectivity index (χ4n) is 1.58. The number of pyridine rings is 1. The van der Waals surface area contributed by atoms with Crippen molar-refractivity contribution in [2.45, 2.75) is 6.42 Å². The lowest BCUT2D eigenvalue weighted by molar-refractivity contribution is 0.935. The number of hydrogen-bond donors (Lipinski definition) is 1. The molecular formula is C11H11BrN2. The first-order chi connectivity index (χ1) is 6.83. The summed E-state index contributed by atoms with van der Waals surface area (Å²) < 4.78 is 1.09. The van der Waals surface area contributed by atoms with E-state index >= 15 is 0 Å². The average Bonchev–Trinajstić information content (AvgIpc) is 2.19. The molecule has 0 spiro atoms. The van der Waals surface area contributed by atoms with Gasteiger partial charge in [-0.2, -0.15) is 0 Å². The summed E-state index contributed by atoms with van der Waals surface area (Å²) >= 11 is 3.54. The van der Waals surface area contributed by atoms with Gasteiger partial charge in [0.05, 0.1) is 5.69 Å². The van der Waals surface area contributed by atoms with Crippen LogP contribution >= 0.6 is 15.9 Å². The maximum absolute atomic E-state index is 5.55. The molecule has 0 saturated carbocycles. The van der Waals surface area contributed by atoms with Gasteiger partial charge in [-0.05, 0) is 24.1 Å². The van der Waals surface area contributed by atoms with Crippen molar-refractivity contribution in [1.82, 2.24) is 4.98 Å². The Hall–Kier alpha value is -0.930. The van der Waals surface area contributed by atoms with Crippen molar-refractivity contribution in [2.75, 3.05) is 6.54 Å². The van der Waals surface area contributed by atoms with Crippen LogP contribution < -0.4 is 5.73 Å². The lowest BCUT2D eigenvalue weighted by atomic mass is 10.1. The fraction of sp³-hybridized carbons (Fsp3) is 0.182. The maximum Gasteiger partial charge on any atom is 0.0505 e. The topological polar surface area (TPSA) is 38.9 Å². The predicted molar refractivity (Wildman–Crippen MR) is 62.2 cm³/mol. The van der Waals surface area contributed by atoms with Crippen LogP contribution in [0.1, 0.15) is 5.69 Å². The molecule has 1 aromatic heterocycles. The van der Waals surface area contributed by atoms with Crippen molar-refractivity contribution in [3.63, 3.8) is 0 Å². The van der Waals surface area contributed by atoms with Crippen molar-refractivity contribution in [1.29, 1.82) is 0 Å². The Kier molecular flexibility index (Phi) is 2.79. The second kappa shape index (κ2) is 4.07. The summed E-state index contributed by atoms with van der Waals surface area (Å²) in [6.45, 7) is 0.632. The van der Waals surface area contributed by atoms with Gasteiger partial charge in [-0.15, -0.1) is 0 Å². The van der Waals surface area contributed by atoms with Crippen LogP contribution in [0.3, 0.4) is 0 Å². The Bertz CT molecular complexity index is 449. The first-order valence-corrected chi connectivity index (χ1v) is 5.34. The molecule has 1 heterocycles. The van der Waals surface area contributed by atoms with Crippen LogP contribution in [0.4, 0.5) is 0 Å². The predicted octanol–water partition coefficient (Wildman–Crippen LogP) is 2.50. The molecule has 0 fully saturated rings. The van der Waals surface area contributed by atoms with E-state index in [2.05, 4.69) is 27.0 Å². The Morgan fingerprint density at radius 1 is 1.29 bits per heavy atom. The second-order valence-electron chi connectivity index (χ2n) is 3.13. The van der Waals surface area contributed by atoms with Crippen LogP contribution in [0, 0.1) is 0 Å². The first-order valence-electron chi connectivity index (χ1n) is 4.55. The largest absolute Gasteiger partial charge is 0.330 e. The molecule has 0 aliphatic heterocycles. The van der Waals surface area contributed by atoms with Gasteiger partial charge in [-0.3, -0.25) is 4.98 Å². The van der Waals surface area contributed by atoms with E-state index in [4.69, 9.17) is 5.73 Å². The van der Waals surface area contributed by atoms with Crippen molar-refractivity contribution in [3.05, 3.63) is 40.6 Å². The smallest absolute Gasteiger partial charge is 0.0505 e. The standard InChI is InChI=1S/C11H11BrN2/c12-9-3-1-2-8-5-7-14-10(4-6-13)11(8)9/h1-3,5,7H,4,6,13H2. The van der Waals surface area contributed by atoms with Crippen LogP contribution in [0.2, 0.25) is 0 Å². The number of hydrogen-bond acceptors (Lipinski definition) is 2. The zero-order chi connectivity index (χ0) is 9.97. The number of rotatable bonds is 2. The van der Waals surface area contributed by atoms with E-state index in [9.17, 15) is 0 Å². The summed E-state index contributed by atoms with van der Waals surface area (Å²) in [5.74, 6) is 0. The second-order valence-corrected chi connectivity index (χ2v) is 3.99. The van der Waals surface area contributed by atoms with Gasteiger partial charge in [-0.1, -0.05) is 28.1 Å². The number of nitrogens with two attached hydrogens (primary N) is 1. The normalized spacial score (nSPS) is 10.7. The van der Waals surface area contributed by atoms with Crippen LogP contribution in [0.25, 0.3) is 10.8 Å². The molecule has 2 N–H and O–H groups in total. The molecule has 1 aromatic carbocycles. The number of aromatic nitrogens is 1. The lowest BCUT2D eigenvalue weighted by Crippen LogP contribution is -2.04. The van der Waals surface area contributed by atoms with Gasteiger partial charge >= 0.3 is 0 Å². The van der Waals surface area contributed by atoms with E-state index in [0.717, 1.165) is 16.6 Å². The molecule has 0 radical (unpaired) electrons. The van der Waals surface area contributed by atoms with Gasteiger partial charge in [0.15, 0.2) is 0 Å². The number of halogens is 1. The van der Waals surface area contributed by atoms with Gasteiger partial charge in [0, 0.05) is 22.5 Å². The third kappa shape index (κ3) is 1.65. The van der Waals surface area contributed by atoms with Crippen molar-refractivity contribution in [3.8, 4) is 0 Å². The Morgan fingerprint density at radius 2 is 2.14 bits per heavy atom. The third-order valence-electron chi connectivity index (χ3n) is 2.20. The zero-order valence-corrected chi connectivity index (χ0v) is 9.29. The molecular weight excluding hydrogens is 240 g/mol. The molecule has 2 aromatic rings. The van der Waals surface area contributed by atoms with E-state index in [0.29, 0.717) is 6.54 Å². The van der Waals surface area contributed by atoms with E-state index in [1.165, 1.54) is 10.8 Å². The van der Waals surface area contributed by atoms with E-state index in [1.54, 1.807) is 0 Å². The lowest BCUT2D eigenvalue weighted by Gasteiger charge is -2.05. The molecule has 72 valence electrons. The minimum atomic E-state index is 0.632. The quantitative estimate of drug-likeness (QED) is 0.890. The van der Waals surface area contributed by atoms with Crippen molar-refractivity contribution >= 4 is 26.7 Å². The molecule has 0 unspecified atom stereocenters. The van der Waals surface area contributed by atoms with Gasteiger partial charge in [0.1, 0.15) is 0 Å². The molecule has 3 heteroatoms. The molecule has 0 aliphatic rings. The molecule has 14 heavy (non-hydrogen) atoms. The Labute approximate surface area is 91.3 Å². The van der Waals surface area contributed by atoms with E-state index in [-0.39, 0.29) is 0 Å². The summed E-state index contributed by atoms with van der Waals surface area (Å²) in [5.41, 5.74) is 6.61. The van der Waals surface area contributed by atoms with Crippen molar-refractivity contribution in [2.24, 2.45) is 5.73 Å². The minimum Gasteiger partial charge on any atom is -0.330 e. The number of benzene rings is 1. The van der Waals surface area contributed by atoms with Gasteiger partial charge < -0.3 is 5.73 Å². The summed E-state index contributed by atoms with van der Waals surface area (Å²) in [6.07, 6.45) is 2.65. The average molecular weight is 251 g/mol. The Morgan fingerprint density at radius 3 is 2.93 bits per heavy atom. The van der Waals surface area contributed by atoms with E-state index < -0.39 is 0 Å². The van der Waals surface area contributed by atoms with Crippen LogP contribution in [-0.2, 0) is 6.42 Å². The molecule has 0 aliphatic carbocycles. The van der Waals surface area contributed by atoms with Gasteiger partial charge in [0.25, 0.3) is 0 Å². The third-order valence-corrected chi connectivity index (χ3v) is 2.86.